The summed E-state index contributed by atoms with van der Waals surface area (Å²) in [6.45, 7) is 5.79. The number of hydrogen-bond acceptors (Lipinski definition) is 2. The fourth-order valence-corrected chi connectivity index (χ4v) is 2.43. The highest BCUT2D eigenvalue weighted by atomic mass is 19.1. The molecular weight excluding hydrogens is 305 g/mol. The molecule has 0 spiro atoms. The third-order valence-electron chi connectivity index (χ3n) is 4.16. The van der Waals surface area contributed by atoms with E-state index in [1.165, 1.54) is 12.1 Å². The summed E-state index contributed by atoms with van der Waals surface area (Å²) < 4.78 is 12.9. The lowest BCUT2D eigenvalue weighted by molar-refractivity contribution is -0.121. The van der Waals surface area contributed by atoms with E-state index in [9.17, 15) is 14.0 Å². The molecule has 24 heavy (non-hydrogen) atoms. The van der Waals surface area contributed by atoms with Gasteiger partial charge >= 0.3 is 0 Å². The first kappa shape index (κ1) is 17.9. The van der Waals surface area contributed by atoms with Gasteiger partial charge in [-0.15, -0.1) is 0 Å². The molecule has 0 saturated carbocycles. The zero-order valence-electron chi connectivity index (χ0n) is 14.2. The molecule has 0 aliphatic heterocycles. The van der Waals surface area contributed by atoms with Gasteiger partial charge in [-0.1, -0.05) is 24.3 Å². The van der Waals surface area contributed by atoms with Crippen molar-refractivity contribution in [2.45, 2.75) is 39.7 Å². The van der Waals surface area contributed by atoms with Gasteiger partial charge in [0.15, 0.2) is 5.78 Å². The monoisotopic (exact) mass is 327 g/mol. The predicted molar refractivity (Wildman–Crippen MR) is 92.4 cm³/mol. The van der Waals surface area contributed by atoms with Gasteiger partial charge in [-0.3, -0.25) is 9.59 Å². The number of hydrogen-bond donors (Lipinski definition) is 1. The second-order valence-corrected chi connectivity index (χ2v) is 6.06. The summed E-state index contributed by atoms with van der Waals surface area (Å²) in [7, 11) is 0. The van der Waals surface area contributed by atoms with Crippen LogP contribution in [0.25, 0.3) is 0 Å². The van der Waals surface area contributed by atoms with Gasteiger partial charge in [-0.2, -0.15) is 0 Å². The quantitative estimate of drug-likeness (QED) is 0.805. The average Bonchev–Trinajstić information content (AvgIpc) is 2.55. The summed E-state index contributed by atoms with van der Waals surface area (Å²) >= 11 is 0. The summed E-state index contributed by atoms with van der Waals surface area (Å²) in [5.41, 5.74) is 3.66. The first-order valence-electron chi connectivity index (χ1n) is 8.02. The van der Waals surface area contributed by atoms with E-state index in [0.717, 1.165) is 16.7 Å². The minimum absolute atomic E-state index is 0.0392. The molecule has 0 fully saturated rings. The smallest absolute Gasteiger partial charge is 0.220 e. The van der Waals surface area contributed by atoms with E-state index in [0.29, 0.717) is 5.56 Å². The van der Waals surface area contributed by atoms with Gasteiger partial charge < -0.3 is 5.32 Å². The van der Waals surface area contributed by atoms with Crippen molar-refractivity contribution in [3.63, 3.8) is 0 Å². The molecule has 0 radical (unpaired) electrons. The van der Waals surface area contributed by atoms with Crippen molar-refractivity contribution in [1.29, 1.82) is 0 Å². The largest absolute Gasteiger partial charge is 0.350 e. The fourth-order valence-electron chi connectivity index (χ4n) is 2.43. The lowest BCUT2D eigenvalue weighted by atomic mass is 10.0. The molecule has 1 amide bonds. The lowest BCUT2D eigenvalue weighted by Crippen LogP contribution is -2.27. The average molecular weight is 327 g/mol. The maximum atomic E-state index is 12.9. The number of Topliss-reactive ketones (excluding diaryl/α,β-unsaturated/α-hetero) is 1. The van der Waals surface area contributed by atoms with Crippen LogP contribution < -0.4 is 5.32 Å². The van der Waals surface area contributed by atoms with E-state index in [1.54, 1.807) is 18.2 Å². The van der Waals surface area contributed by atoms with E-state index in [4.69, 9.17) is 0 Å². The second-order valence-electron chi connectivity index (χ2n) is 6.06. The van der Waals surface area contributed by atoms with Crippen molar-refractivity contribution in [1.82, 2.24) is 5.32 Å². The van der Waals surface area contributed by atoms with Crippen LogP contribution in [0.5, 0.6) is 0 Å². The van der Waals surface area contributed by atoms with E-state index < -0.39 is 0 Å². The maximum absolute atomic E-state index is 12.9. The number of carbonyl (C=O) groups is 2. The Morgan fingerprint density at radius 3 is 2.29 bits per heavy atom. The third kappa shape index (κ3) is 4.75. The number of aryl methyl sites for hydroxylation is 2. The highest BCUT2D eigenvalue weighted by molar-refractivity contribution is 5.98. The van der Waals surface area contributed by atoms with Crippen LogP contribution in [0.4, 0.5) is 4.39 Å². The first-order valence-corrected chi connectivity index (χ1v) is 8.02. The highest BCUT2D eigenvalue weighted by Crippen LogP contribution is 2.15. The van der Waals surface area contributed by atoms with Gasteiger partial charge in [0.25, 0.3) is 0 Å². The Hall–Kier alpha value is -2.49. The van der Waals surface area contributed by atoms with Crippen LogP contribution in [-0.4, -0.2) is 11.7 Å². The number of amides is 1. The molecule has 0 aliphatic rings. The molecule has 0 aromatic heterocycles. The van der Waals surface area contributed by atoms with Crippen molar-refractivity contribution in [2.75, 3.05) is 0 Å². The molecule has 0 aliphatic carbocycles. The Labute approximate surface area is 141 Å². The SMILES string of the molecule is Cc1ccc(C(=O)CCC(=O)N[C@H](C)c2ccc(F)cc2)cc1C. The molecular formula is C20H22FNO2. The van der Waals surface area contributed by atoms with Crippen LogP contribution in [-0.2, 0) is 4.79 Å². The van der Waals surface area contributed by atoms with Crippen molar-refractivity contribution < 1.29 is 14.0 Å². The number of rotatable bonds is 6. The van der Waals surface area contributed by atoms with Gasteiger partial charge in [0, 0.05) is 18.4 Å². The molecule has 4 heteroatoms. The number of nitrogens with one attached hydrogen (secondary N) is 1. The van der Waals surface area contributed by atoms with Crippen LogP contribution in [0.3, 0.4) is 0 Å². The summed E-state index contributed by atoms with van der Waals surface area (Å²) in [5.74, 6) is -0.539. The Morgan fingerprint density at radius 1 is 1.00 bits per heavy atom. The van der Waals surface area contributed by atoms with Crippen LogP contribution in [0.15, 0.2) is 42.5 Å². The Bertz CT molecular complexity index is 738. The van der Waals surface area contributed by atoms with Gasteiger partial charge in [0.1, 0.15) is 5.82 Å². The maximum Gasteiger partial charge on any atom is 0.220 e. The van der Waals surface area contributed by atoms with Crippen molar-refractivity contribution in [2.24, 2.45) is 0 Å². The van der Waals surface area contributed by atoms with Gasteiger partial charge in [-0.05, 0) is 55.7 Å². The van der Waals surface area contributed by atoms with Gasteiger partial charge in [0.05, 0.1) is 6.04 Å². The standard InChI is InChI=1S/C20H22FNO2/c1-13-4-5-17(12-14(13)2)19(23)10-11-20(24)22-15(3)16-6-8-18(21)9-7-16/h4-9,12,15H,10-11H2,1-3H3,(H,22,24)/t15-/m1/s1. The van der Waals surface area contributed by atoms with E-state index in [-0.39, 0.29) is 36.4 Å². The molecule has 2 aromatic rings. The minimum atomic E-state index is -0.309. The Morgan fingerprint density at radius 2 is 1.67 bits per heavy atom. The molecule has 1 N–H and O–H groups in total. The van der Waals surface area contributed by atoms with Crippen molar-refractivity contribution in [3.05, 3.63) is 70.5 Å². The zero-order chi connectivity index (χ0) is 17.7. The minimum Gasteiger partial charge on any atom is -0.350 e. The van der Waals surface area contributed by atoms with E-state index in [2.05, 4.69) is 5.32 Å². The molecule has 126 valence electrons. The normalized spacial score (nSPS) is 11.8. The molecule has 3 nitrogen and oxygen atoms in total. The molecule has 2 rings (SSSR count). The predicted octanol–water partition coefficient (Wildman–Crippen LogP) is 4.28. The third-order valence-corrected chi connectivity index (χ3v) is 4.16. The molecule has 0 heterocycles. The van der Waals surface area contributed by atoms with Crippen molar-refractivity contribution >= 4 is 11.7 Å². The molecule has 0 saturated heterocycles. The van der Waals surface area contributed by atoms with Gasteiger partial charge in [-0.25, -0.2) is 4.39 Å². The number of carbonyl (C=O) groups excluding carboxylic acids is 2. The zero-order valence-corrected chi connectivity index (χ0v) is 14.2. The topological polar surface area (TPSA) is 46.2 Å². The Kier molecular flexibility index (Phi) is 5.85. The molecule has 0 bridgehead atoms. The van der Waals surface area contributed by atoms with Crippen LogP contribution >= 0.6 is 0 Å². The van der Waals surface area contributed by atoms with Crippen LogP contribution in [0.2, 0.25) is 0 Å². The Balaban J connectivity index is 1.87. The van der Waals surface area contributed by atoms with Crippen LogP contribution in [0.1, 0.15) is 52.9 Å². The van der Waals surface area contributed by atoms with Crippen molar-refractivity contribution in [3.8, 4) is 0 Å². The summed E-state index contributed by atoms with van der Waals surface area (Å²) in [4.78, 5) is 24.2. The summed E-state index contributed by atoms with van der Waals surface area (Å²) in [5, 5.41) is 2.83. The molecule has 1 atom stereocenters. The van der Waals surface area contributed by atoms with E-state index in [1.807, 2.05) is 32.9 Å². The summed E-state index contributed by atoms with van der Waals surface area (Å²) in [6.07, 6.45) is 0.307. The highest BCUT2D eigenvalue weighted by Gasteiger charge is 2.13. The van der Waals surface area contributed by atoms with Gasteiger partial charge in [0.2, 0.25) is 5.91 Å². The summed E-state index contributed by atoms with van der Waals surface area (Å²) in [6, 6.07) is 11.3. The fraction of sp³-hybridized carbons (Fsp3) is 0.300. The lowest BCUT2D eigenvalue weighted by Gasteiger charge is -2.14. The molecule has 2 aromatic carbocycles. The van der Waals surface area contributed by atoms with Crippen LogP contribution in [0, 0.1) is 19.7 Å². The van der Waals surface area contributed by atoms with E-state index >= 15 is 0 Å². The number of ketones is 1. The molecule has 0 unspecified atom stereocenters. The first-order chi connectivity index (χ1) is 11.4. The second kappa shape index (κ2) is 7.86. The number of benzene rings is 2. The number of halogens is 1.